The maximum Gasteiger partial charge on any atom is 0.173 e. The van der Waals surface area contributed by atoms with Crippen LogP contribution in [0.25, 0.3) is 12.2 Å². The van der Waals surface area contributed by atoms with E-state index in [2.05, 4.69) is 72.6 Å². The molecule has 0 saturated carbocycles. The molecule has 0 saturated heterocycles. The number of aliphatic imine (C=N–C) groups is 2. The van der Waals surface area contributed by atoms with Crippen molar-refractivity contribution in [3.63, 3.8) is 0 Å². The summed E-state index contributed by atoms with van der Waals surface area (Å²) in [4.78, 5) is 9.07. The van der Waals surface area contributed by atoms with Gasteiger partial charge >= 0.3 is 0 Å². The molecular weight excluding hydrogens is 436 g/mol. The third kappa shape index (κ3) is 13.1. The summed E-state index contributed by atoms with van der Waals surface area (Å²) in [5.41, 5.74) is 2.40. The van der Waals surface area contributed by atoms with Crippen molar-refractivity contribution in [2.24, 2.45) is 9.98 Å². The maximum atomic E-state index is 6.74. The summed E-state index contributed by atoms with van der Waals surface area (Å²) < 4.78 is 6.74. The lowest BCUT2D eigenvalue weighted by Crippen LogP contribution is -2.44. The first-order chi connectivity index (χ1) is 15.9. The first-order valence-electron chi connectivity index (χ1n) is 12.0. The van der Waals surface area contributed by atoms with Crippen LogP contribution < -0.4 is 0 Å². The van der Waals surface area contributed by atoms with E-state index in [0.717, 1.165) is 38.0 Å². The van der Waals surface area contributed by atoms with Gasteiger partial charge < -0.3 is 4.12 Å². The van der Waals surface area contributed by atoms with Gasteiger partial charge in [-0.05, 0) is 74.4 Å². The van der Waals surface area contributed by atoms with Gasteiger partial charge in [-0.25, -0.2) is 0 Å². The smallest absolute Gasteiger partial charge is 0.173 e. The van der Waals surface area contributed by atoms with Crippen molar-refractivity contribution in [2.75, 3.05) is 13.1 Å². The van der Waals surface area contributed by atoms with Crippen molar-refractivity contribution in [2.45, 2.75) is 51.1 Å². The highest BCUT2D eigenvalue weighted by Crippen LogP contribution is 2.23. The molecule has 33 heavy (non-hydrogen) atoms. The van der Waals surface area contributed by atoms with E-state index >= 15 is 0 Å². The lowest BCUT2D eigenvalue weighted by atomic mass is 10.2. The molecule has 0 amide bonds. The van der Waals surface area contributed by atoms with Gasteiger partial charge in [0, 0.05) is 25.5 Å². The van der Waals surface area contributed by atoms with Gasteiger partial charge in [0.05, 0.1) is 0 Å². The van der Waals surface area contributed by atoms with Crippen LogP contribution >= 0.6 is 0 Å². The van der Waals surface area contributed by atoms with Gasteiger partial charge in [0.1, 0.15) is 0 Å². The minimum absolute atomic E-state index is 0.867. The summed E-state index contributed by atoms with van der Waals surface area (Å²) >= 11 is 0. The predicted octanol–water partition coefficient (Wildman–Crippen LogP) is 7.76. The van der Waals surface area contributed by atoms with Crippen LogP contribution in [0.1, 0.15) is 24.0 Å². The molecule has 176 valence electrons. The fourth-order valence-corrected chi connectivity index (χ4v) is 12.6. The Morgan fingerprint density at radius 3 is 1.42 bits per heavy atom. The third-order valence-electron chi connectivity index (χ3n) is 5.24. The zero-order valence-electron chi connectivity index (χ0n) is 20.8. The second-order valence-electron chi connectivity index (χ2n) is 9.48. The Morgan fingerprint density at radius 1 is 0.636 bits per heavy atom. The average Bonchev–Trinajstić information content (AvgIpc) is 2.78. The molecule has 0 aromatic heterocycles. The third-order valence-corrected chi connectivity index (χ3v) is 12.8. The van der Waals surface area contributed by atoms with Gasteiger partial charge in [0.25, 0.3) is 0 Å². The lowest BCUT2D eigenvalue weighted by molar-refractivity contribution is 0.531. The lowest BCUT2D eigenvalue weighted by Gasteiger charge is -2.34. The molecule has 0 spiro atoms. The number of rotatable bonds is 14. The highest BCUT2D eigenvalue weighted by Gasteiger charge is 2.32. The van der Waals surface area contributed by atoms with Crippen LogP contribution in [0.3, 0.4) is 0 Å². The molecule has 0 radical (unpaired) electrons. The van der Waals surface area contributed by atoms with Crippen molar-refractivity contribution in [1.29, 1.82) is 0 Å². The highest BCUT2D eigenvalue weighted by molar-refractivity contribution is 6.84. The van der Waals surface area contributed by atoms with Gasteiger partial charge in [-0.15, -0.1) is 0 Å². The number of allylic oxidation sites excluding steroid dienone is 2. The van der Waals surface area contributed by atoms with E-state index in [1.165, 1.54) is 11.1 Å². The SMILES string of the molecule is C[Si](C)(CCCN=CC=Cc1ccccc1)O[Si](C)(C)CCCN=CC=Cc1ccccc1. The van der Waals surface area contributed by atoms with E-state index in [4.69, 9.17) is 4.12 Å². The minimum Gasteiger partial charge on any atom is -0.455 e. The van der Waals surface area contributed by atoms with Gasteiger partial charge in [-0.3, -0.25) is 9.98 Å². The summed E-state index contributed by atoms with van der Waals surface area (Å²) in [6.45, 7) is 11.2. The monoisotopic (exact) mass is 476 g/mol. The zero-order valence-corrected chi connectivity index (χ0v) is 22.8. The van der Waals surface area contributed by atoms with Gasteiger partial charge in [0.15, 0.2) is 16.6 Å². The molecule has 0 aliphatic carbocycles. The molecule has 3 nitrogen and oxygen atoms in total. The molecule has 0 fully saturated rings. The predicted molar refractivity (Wildman–Crippen MR) is 153 cm³/mol. The molecule has 0 aliphatic rings. The molecule has 0 unspecified atom stereocenters. The Balaban J connectivity index is 1.61. The summed E-state index contributed by atoms with van der Waals surface area (Å²) in [7, 11) is -3.32. The van der Waals surface area contributed by atoms with Crippen LogP contribution in [0.5, 0.6) is 0 Å². The first kappa shape index (κ1) is 26.9. The Kier molecular flexibility index (Phi) is 12.0. The Morgan fingerprint density at radius 2 is 1.03 bits per heavy atom. The molecule has 2 aromatic rings. The fourth-order valence-electron chi connectivity index (χ4n) is 3.75. The molecule has 0 bridgehead atoms. The maximum absolute atomic E-state index is 6.74. The van der Waals surface area contributed by atoms with Gasteiger partial charge in [-0.2, -0.15) is 0 Å². The largest absolute Gasteiger partial charge is 0.455 e. The highest BCUT2D eigenvalue weighted by atomic mass is 28.4. The Labute approximate surface area is 203 Å². The van der Waals surface area contributed by atoms with E-state index in [-0.39, 0.29) is 0 Å². The van der Waals surface area contributed by atoms with E-state index in [1.807, 2.05) is 61.0 Å². The number of benzene rings is 2. The number of hydrogen-bond donors (Lipinski definition) is 0. The summed E-state index contributed by atoms with van der Waals surface area (Å²) in [5.74, 6) is 0. The average molecular weight is 477 g/mol. The van der Waals surface area contributed by atoms with Crippen molar-refractivity contribution in [3.05, 3.63) is 83.9 Å². The molecule has 5 heteroatoms. The zero-order chi connectivity index (χ0) is 23.8. The summed E-state index contributed by atoms with van der Waals surface area (Å²) in [5, 5.41) is 0. The van der Waals surface area contributed by atoms with E-state index in [0.29, 0.717) is 0 Å². The standard InChI is InChI=1S/C28H40N2OSi2/c1-32(2,25-13-23-29-21-11-19-27-15-7-5-8-16-27)31-33(3,4)26-14-24-30-22-12-20-28-17-9-6-10-18-28/h5-12,15-22H,13-14,23-26H2,1-4H3. The Hall–Kier alpha value is -2.35. The number of hydrogen-bond acceptors (Lipinski definition) is 3. The second-order valence-corrected chi connectivity index (χ2v) is 18.3. The minimum atomic E-state index is -1.66. The van der Waals surface area contributed by atoms with Gasteiger partial charge in [0.2, 0.25) is 0 Å². The quantitative estimate of drug-likeness (QED) is 0.156. The molecule has 0 atom stereocenters. The summed E-state index contributed by atoms with van der Waals surface area (Å²) in [6, 6.07) is 22.9. The Bertz CT molecular complexity index is 829. The van der Waals surface area contributed by atoms with E-state index < -0.39 is 16.6 Å². The molecule has 0 N–H and O–H groups in total. The van der Waals surface area contributed by atoms with Crippen LogP contribution in [-0.2, 0) is 4.12 Å². The molecular formula is C28H40N2OSi2. The van der Waals surface area contributed by atoms with Crippen LogP contribution in [0.4, 0.5) is 0 Å². The topological polar surface area (TPSA) is 34.0 Å². The number of nitrogens with zero attached hydrogens (tertiary/aromatic N) is 2. The molecule has 2 rings (SSSR count). The normalized spacial score (nSPS) is 13.2. The van der Waals surface area contributed by atoms with Crippen LogP contribution in [0, 0.1) is 0 Å². The van der Waals surface area contributed by atoms with E-state index in [1.54, 1.807) is 0 Å². The second kappa shape index (κ2) is 14.7. The van der Waals surface area contributed by atoms with Gasteiger partial charge in [-0.1, -0.05) is 72.8 Å². The van der Waals surface area contributed by atoms with Crippen molar-refractivity contribution in [3.8, 4) is 0 Å². The van der Waals surface area contributed by atoms with Crippen molar-refractivity contribution < 1.29 is 4.12 Å². The van der Waals surface area contributed by atoms with Crippen LogP contribution in [0.15, 0.2) is 82.8 Å². The fraction of sp³-hybridized carbons (Fsp3) is 0.357. The van der Waals surface area contributed by atoms with Crippen LogP contribution in [0.2, 0.25) is 38.3 Å². The van der Waals surface area contributed by atoms with Crippen LogP contribution in [-0.4, -0.2) is 42.2 Å². The molecule has 0 aliphatic heterocycles. The molecule has 2 aromatic carbocycles. The molecule has 0 heterocycles. The first-order valence-corrected chi connectivity index (χ1v) is 18.2. The summed E-state index contributed by atoms with van der Waals surface area (Å²) in [6.07, 6.45) is 14.2. The van der Waals surface area contributed by atoms with Crippen molar-refractivity contribution in [1.82, 2.24) is 0 Å². The van der Waals surface area contributed by atoms with E-state index in [9.17, 15) is 0 Å². The van der Waals surface area contributed by atoms with Crippen molar-refractivity contribution >= 4 is 41.2 Å².